The first-order valence-corrected chi connectivity index (χ1v) is 13.1. The quantitative estimate of drug-likeness (QED) is 0.314. The number of para-hydroxylation sites is 2. The van der Waals surface area contributed by atoms with Crippen LogP contribution in [0, 0.1) is 6.92 Å². The summed E-state index contributed by atoms with van der Waals surface area (Å²) in [6.07, 6.45) is 2.28. The van der Waals surface area contributed by atoms with Gasteiger partial charge in [0.1, 0.15) is 11.8 Å². The smallest absolute Gasteiger partial charge is 0.203 e. The molecule has 40 heavy (non-hydrogen) atoms. The predicted octanol–water partition coefficient (Wildman–Crippen LogP) is 6.11. The highest BCUT2D eigenvalue weighted by Crippen LogP contribution is 2.47. The Bertz CT molecular complexity index is 1710. The lowest BCUT2D eigenvalue weighted by Gasteiger charge is -2.30. The van der Waals surface area contributed by atoms with Crippen LogP contribution in [0.2, 0.25) is 0 Å². The fourth-order valence-electron chi connectivity index (χ4n) is 5.76. The van der Waals surface area contributed by atoms with E-state index in [4.69, 9.17) is 18.6 Å². The summed E-state index contributed by atoms with van der Waals surface area (Å²) in [6, 6.07) is 16.4. The van der Waals surface area contributed by atoms with Crippen LogP contribution < -0.4 is 30.3 Å². The number of anilines is 2. The highest BCUT2D eigenvalue weighted by atomic mass is 16.5. The topological polar surface area (TPSA) is 99.0 Å². The van der Waals surface area contributed by atoms with Crippen LogP contribution in [0.3, 0.4) is 0 Å². The number of aryl methyl sites for hydroxylation is 1. The van der Waals surface area contributed by atoms with E-state index < -0.39 is 6.04 Å². The lowest BCUT2D eigenvalue weighted by molar-refractivity contribution is -0.116. The first-order chi connectivity index (χ1) is 19.4. The Balaban J connectivity index is 1.49. The molecule has 1 aliphatic heterocycles. The van der Waals surface area contributed by atoms with E-state index >= 15 is 0 Å². The third-order valence-corrected chi connectivity index (χ3v) is 7.73. The fourth-order valence-corrected chi connectivity index (χ4v) is 5.76. The average Bonchev–Trinajstić information content (AvgIpc) is 3.13. The minimum absolute atomic E-state index is 0.0541. The van der Waals surface area contributed by atoms with Crippen LogP contribution in [0.15, 0.2) is 81.3 Å². The van der Waals surface area contributed by atoms with Gasteiger partial charge in [0.2, 0.25) is 5.75 Å². The molecule has 0 fully saturated rings. The van der Waals surface area contributed by atoms with Gasteiger partial charge in [-0.3, -0.25) is 9.59 Å². The van der Waals surface area contributed by atoms with Gasteiger partial charge in [0.05, 0.1) is 49.7 Å². The van der Waals surface area contributed by atoms with Crippen LogP contribution >= 0.6 is 0 Å². The lowest BCUT2D eigenvalue weighted by Crippen LogP contribution is -2.29. The van der Waals surface area contributed by atoms with E-state index in [2.05, 4.69) is 10.6 Å². The number of benzene rings is 3. The molecule has 204 valence electrons. The molecule has 2 aliphatic rings. The van der Waals surface area contributed by atoms with Crippen molar-refractivity contribution in [2.45, 2.75) is 31.7 Å². The Morgan fingerprint density at radius 1 is 0.875 bits per heavy atom. The Morgan fingerprint density at radius 3 is 2.30 bits per heavy atom. The maximum Gasteiger partial charge on any atom is 0.203 e. The maximum absolute atomic E-state index is 14.0. The maximum atomic E-state index is 14.0. The number of fused-ring (bicyclic) bond motifs is 2. The normalized spacial score (nSPS) is 18.2. The van der Waals surface area contributed by atoms with Gasteiger partial charge in [-0.05, 0) is 61.2 Å². The lowest BCUT2D eigenvalue weighted by atomic mass is 9.78. The molecule has 0 saturated carbocycles. The van der Waals surface area contributed by atoms with Gasteiger partial charge in [-0.25, -0.2) is 0 Å². The van der Waals surface area contributed by atoms with E-state index in [1.807, 2.05) is 55.5 Å². The van der Waals surface area contributed by atoms with Crippen molar-refractivity contribution in [2.24, 2.45) is 0 Å². The molecule has 2 unspecified atom stereocenters. The summed E-state index contributed by atoms with van der Waals surface area (Å²) in [5, 5.41) is 7.48. The molecule has 0 radical (unpaired) electrons. The third kappa shape index (κ3) is 4.25. The van der Waals surface area contributed by atoms with E-state index in [0.717, 1.165) is 28.2 Å². The molecule has 3 aromatic carbocycles. The summed E-state index contributed by atoms with van der Waals surface area (Å²) in [7, 11) is 4.71. The highest BCUT2D eigenvalue weighted by Gasteiger charge is 2.38. The van der Waals surface area contributed by atoms with Gasteiger partial charge >= 0.3 is 0 Å². The number of hydrogen-bond donors (Lipinski definition) is 2. The first kappa shape index (κ1) is 25.6. The van der Waals surface area contributed by atoms with Crippen molar-refractivity contribution in [3.63, 3.8) is 0 Å². The molecule has 0 bridgehead atoms. The zero-order valence-electron chi connectivity index (χ0n) is 22.8. The second-order valence-corrected chi connectivity index (χ2v) is 10.1. The number of methoxy groups -OCH3 is 3. The Kier molecular flexibility index (Phi) is 6.46. The van der Waals surface area contributed by atoms with E-state index in [0.29, 0.717) is 45.8 Å². The number of hydrogen-bond acceptors (Lipinski definition) is 8. The molecule has 2 atom stereocenters. The molecule has 6 rings (SSSR count). The highest BCUT2D eigenvalue weighted by molar-refractivity contribution is 6.01. The van der Waals surface area contributed by atoms with Gasteiger partial charge < -0.3 is 29.3 Å². The van der Waals surface area contributed by atoms with Crippen LogP contribution in [-0.2, 0) is 4.79 Å². The summed E-state index contributed by atoms with van der Waals surface area (Å²) in [6.45, 7) is 1.93. The van der Waals surface area contributed by atoms with Gasteiger partial charge in [0, 0.05) is 17.7 Å². The SMILES string of the molecule is COc1cc(C2CC(=O)C3=C(C2)Nc2ccccc2NC3c2coc3ccc(C)cc3c2=O)cc(OC)c1OC. The van der Waals surface area contributed by atoms with Gasteiger partial charge in [-0.1, -0.05) is 23.8 Å². The summed E-state index contributed by atoms with van der Waals surface area (Å²) >= 11 is 0. The van der Waals surface area contributed by atoms with Crippen molar-refractivity contribution in [1.29, 1.82) is 0 Å². The Hall–Kier alpha value is -4.72. The second-order valence-electron chi connectivity index (χ2n) is 10.1. The number of carbonyl (C=O) groups is 1. The van der Waals surface area contributed by atoms with Gasteiger partial charge in [0.15, 0.2) is 22.7 Å². The van der Waals surface area contributed by atoms with Crippen molar-refractivity contribution in [2.75, 3.05) is 32.0 Å². The molecule has 8 nitrogen and oxygen atoms in total. The van der Waals surface area contributed by atoms with Crippen molar-refractivity contribution in [3.8, 4) is 17.2 Å². The van der Waals surface area contributed by atoms with Crippen molar-refractivity contribution in [3.05, 3.63) is 99.0 Å². The third-order valence-electron chi connectivity index (χ3n) is 7.73. The van der Waals surface area contributed by atoms with Crippen LogP contribution in [0.1, 0.15) is 41.5 Å². The minimum atomic E-state index is -0.680. The molecule has 1 aliphatic carbocycles. The summed E-state index contributed by atoms with van der Waals surface area (Å²) in [4.78, 5) is 27.8. The number of allylic oxidation sites excluding steroid dienone is 1. The number of ketones is 1. The van der Waals surface area contributed by atoms with E-state index in [-0.39, 0.29) is 23.6 Å². The molecule has 4 aromatic rings. The second kappa shape index (κ2) is 10.1. The molecule has 2 heterocycles. The molecule has 8 heteroatoms. The van der Waals surface area contributed by atoms with Gasteiger partial charge in [-0.2, -0.15) is 0 Å². The molecule has 1 aromatic heterocycles. The van der Waals surface area contributed by atoms with E-state index in [9.17, 15) is 9.59 Å². The largest absolute Gasteiger partial charge is 0.493 e. The molecular formula is C32H30N2O6. The number of rotatable bonds is 5. The van der Waals surface area contributed by atoms with Crippen LogP contribution in [0.25, 0.3) is 11.0 Å². The van der Waals surface area contributed by atoms with E-state index in [1.54, 1.807) is 27.4 Å². The molecule has 0 amide bonds. The monoisotopic (exact) mass is 538 g/mol. The average molecular weight is 539 g/mol. The summed E-state index contributed by atoms with van der Waals surface area (Å²) in [5.41, 5.74) is 5.54. The minimum Gasteiger partial charge on any atom is -0.493 e. The summed E-state index contributed by atoms with van der Waals surface area (Å²) in [5.74, 6) is 1.37. The fraction of sp³-hybridized carbons (Fsp3) is 0.250. The number of carbonyl (C=O) groups excluding carboxylic acids is 1. The van der Waals surface area contributed by atoms with Gasteiger partial charge in [0.25, 0.3) is 0 Å². The van der Waals surface area contributed by atoms with Crippen LogP contribution in [0.4, 0.5) is 11.4 Å². The molecule has 2 N–H and O–H groups in total. The van der Waals surface area contributed by atoms with Crippen LogP contribution in [0.5, 0.6) is 17.2 Å². The Morgan fingerprint density at radius 2 is 1.60 bits per heavy atom. The zero-order valence-corrected chi connectivity index (χ0v) is 22.8. The van der Waals surface area contributed by atoms with Crippen LogP contribution in [-0.4, -0.2) is 27.1 Å². The van der Waals surface area contributed by atoms with Crippen molar-refractivity contribution < 1.29 is 23.4 Å². The first-order valence-electron chi connectivity index (χ1n) is 13.1. The number of nitrogens with one attached hydrogen (secondary N) is 2. The number of ether oxygens (including phenoxy) is 3. The zero-order chi connectivity index (χ0) is 28.0. The summed E-state index contributed by atoms with van der Waals surface area (Å²) < 4.78 is 22.5. The van der Waals surface area contributed by atoms with Gasteiger partial charge in [-0.15, -0.1) is 0 Å². The van der Waals surface area contributed by atoms with E-state index in [1.165, 1.54) is 6.26 Å². The molecule has 0 saturated heterocycles. The van der Waals surface area contributed by atoms with Crippen molar-refractivity contribution in [1.82, 2.24) is 0 Å². The molecule has 0 spiro atoms. The predicted molar refractivity (Wildman–Crippen MR) is 154 cm³/mol. The standard InChI is InChI=1S/C32H30N2O6/c1-17-9-10-26-20(11-17)31(36)21(16-40-26)30-29-24(33-22-7-5-6-8-23(22)34-30)12-18(13-25(29)35)19-14-27(37-2)32(39-4)28(15-19)38-3/h5-11,14-16,18,30,33-34H,12-13H2,1-4H3. The number of Topliss-reactive ketones (excluding diaryl/α,β-unsaturated/α-hetero) is 1. The Labute approximate surface area is 231 Å². The van der Waals surface area contributed by atoms with Crippen molar-refractivity contribution >= 4 is 28.1 Å². The molecular weight excluding hydrogens is 508 g/mol.